The van der Waals surface area contributed by atoms with E-state index in [-0.39, 0.29) is 12.2 Å². The second-order valence-corrected chi connectivity index (χ2v) is 6.66. The first-order valence-corrected chi connectivity index (χ1v) is 9.38. The molecule has 1 N–H and O–H groups in total. The number of hydrogen-bond acceptors (Lipinski definition) is 2. The summed E-state index contributed by atoms with van der Waals surface area (Å²) in [5, 5.41) is 10.1. The fourth-order valence-electron chi connectivity index (χ4n) is 3.05. The Kier molecular flexibility index (Phi) is 8.41. The predicted molar refractivity (Wildman–Crippen MR) is 97.4 cm³/mol. The number of unbranched alkanes of at least 4 members (excludes halogenated alkanes) is 7. The highest BCUT2D eigenvalue weighted by Gasteiger charge is 2.42. The molecule has 1 aliphatic rings. The maximum absolute atomic E-state index is 10.1. The quantitative estimate of drug-likeness (QED) is 0.416. The minimum absolute atomic E-state index is 0.0134. The van der Waals surface area contributed by atoms with Crippen LogP contribution in [0.15, 0.2) is 36.4 Å². The summed E-state index contributed by atoms with van der Waals surface area (Å²) in [4.78, 5) is 0. The molecule has 0 unspecified atom stereocenters. The van der Waals surface area contributed by atoms with Gasteiger partial charge in [-0.1, -0.05) is 101 Å². The van der Waals surface area contributed by atoms with Crippen molar-refractivity contribution in [2.24, 2.45) is 0 Å². The highest BCUT2D eigenvalue weighted by Crippen LogP contribution is 2.31. The molecule has 23 heavy (non-hydrogen) atoms. The van der Waals surface area contributed by atoms with Gasteiger partial charge in [0.1, 0.15) is 12.2 Å². The Morgan fingerprint density at radius 3 is 2.35 bits per heavy atom. The van der Waals surface area contributed by atoms with Gasteiger partial charge in [0.05, 0.1) is 6.10 Å². The first-order valence-electron chi connectivity index (χ1n) is 9.38. The van der Waals surface area contributed by atoms with Crippen LogP contribution in [0.4, 0.5) is 0 Å². The third kappa shape index (κ3) is 7.32. The molecule has 1 saturated heterocycles. The lowest BCUT2D eigenvalue weighted by atomic mass is 10.0. The molecule has 3 atom stereocenters. The third-order valence-corrected chi connectivity index (χ3v) is 4.59. The monoisotopic (exact) mass is 316 g/mol. The lowest BCUT2D eigenvalue weighted by molar-refractivity contribution is 0.178. The van der Waals surface area contributed by atoms with Crippen LogP contribution in [0.3, 0.4) is 0 Å². The van der Waals surface area contributed by atoms with Gasteiger partial charge >= 0.3 is 0 Å². The van der Waals surface area contributed by atoms with Crippen molar-refractivity contribution < 1.29 is 9.84 Å². The van der Waals surface area contributed by atoms with Crippen LogP contribution in [0.25, 0.3) is 6.08 Å². The molecule has 1 fully saturated rings. The van der Waals surface area contributed by atoms with E-state index >= 15 is 0 Å². The maximum atomic E-state index is 10.1. The number of ether oxygens (including phenoxy) is 1. The highest BCUT2D eigenvalue weighted by molar-refractivity contribution is 5.49. The van der Waals surface area contributed by atoms with Crippen molar-refractivity contribution in [3.8, 4) is 0 Å². The summed E-state index contributed by atoms with van der Waals surface area (Å²) in [5.41, 5.74) is 1.12. The fraction of sp³-hybridized carbons (Fsp3) is 0.619. The van der Waals surface area contributed by atoms with Crippen LogP contribution in [-0.4, -0.2) is 23.4 Å². The standard InChI is InChI=1S/C21H32O2/c1-2-3-4-5-6-7-8-12-15-20-21(23-20)19(22)17-16-18-13-10-9-11-14-18/h9-11,13-14,16-17,19-22H,2-8,12,15H2,1H3/b17-16+/t19-,20-,21-/m1/s1. The SMILES string of the molecule is CCCCCCCCCC[C@H]1O[C@@H]1[C@H](O)/C=C/c1ccccc1. The summed E-state index contributed by atoms with van der Waals surface area (Å²) in [5.74, 6) is 0. The molecule has 1 aromatic carbocycles. The minimum Gasteiger partial charge on any atom is -0.386 e. The molecular weight excluding hydrogens is 284 g/mol. The van der Waals surface area contributed by atoms with Crippen molar-refractivity contribution in [1.29, 1.82) is 0 Å². The van der Waals surface area contributed by atoms with E-state index in [1.54, 1.807) is 0 Å². The molecule has 2 heteroatoms. The average molecular weight is 316 g/mol. The van der Waals surface area contributed by atoms with E-state index in [2.05, 4.69) is 6.92 Å². The van der Waals surface area contributed by atoms with Gasteiger partial charge in [0.15, 0.2) is 0 Å². The van der Waals surface area contributed by atoms with Crippen molar-refractivity contribution in [2.45, 2.75) is 83.0 Å². The lowest BCUT2D eigenvalue weighted by Crippen LogP contribution is -2.13. The van der Waals surface area contributed by atoms with Crippen LogP contribution in [0.1, 0.15) is 70.3 Å². The Balaban J connectivity index is 1.51. The number of rotatable bonds is 12. The van der Waals surface area contributed by atoms with Crippen LogP contribution in [0.2, 0.25) is 0 Å². The summed E-state index contributed by atoms with van der Waals surface area (Å²) in [6.45, 7) is 2.26. The van der Waals surface area contributed by atoms with Crippen LogP contribution >= 0.6 is 0 Å². The zero-order valence-electron chi connectivity index (χ0n) is 14.5. The zero-order chi connectivity index (χ0) is 16.3. The van der Waals surface area contributed by atoms with Gasteiger partial charge < -0.3 is 9.84 Å². The van der Waals surface area contributed by atoms with Crippen LogP contribution < -0.4 is 0 Å². The Morgan fingerprint density at radius 1 is 1.00 bits per heavy atom. The number of aliphatic hydroxyl groups excluding tert-OH is 1. The molecule has 0 radical (unpaired) electrons. The molecule has 2 rings (SSSR count). The molecular formula is C21H32O2. The molecule has 0 amide bonds. The fourth-order valence-corrected chi connectivity index (χ4v) is 3.05. The largest absolute Gasteiger partial charge is 0.386 e. The van der Waals surface area contributed by atoms with E-state index in [9.17, 15) is 5.11 Å². The normalized spacial score (nSPS) is 21.7. The van der Waals surface area contributed by atoms with E-state index in [1.807, 2.05) is 42.5 Å². The van der Waals surface area contributed by atoms with E-state index in [1.165, 1.54) is 51.4 Å². The second kappa shape index (κ2) is 10.6. The van der Waals surface area contributed by atoms with Crippen molar-refractivity contribution in [3.63, 3.8) is 0 Å². The van der Waals surface area contributed by atoms with Gasteiger partial charge in [-0.25, -0.2) is 0 Å². The maximum Gasteiger partial charge on any atom is 0.114 e. The molecule has 128 valence electrons. The van der Waals surface area contributed by atoms with Gasteiger partial charge in [-0.15, -0.1) is 0 Å². The van der Waals surface area contributed by atoms with Gasteiger partial charge in [0.25, 0.3) is 0 Å². The zero-order valence-corrected chi connectivity index (χ0v) is 14.5. The van der Waals surface area contributed by atoms with Crippen LogP contribution in [0, 0.1) is 0 Å². The molecule has 0 bridgehead atoms. The first kappa shape index (κ1) is 18.2. The van der Waals surface area contributed by atoms with E-state index < -0.39 is 6.10 Å². The Morgan fingerprint density at radius 2 is 1.65 bits per heavy atom. The molecule has 1 aliphatic heterocycles. The van der Waals surface area contributed by atoms with Crippen LogP contribution in [-0.2, 0) is 4.74 Å². The van der Waals surface area contributed by atoms with Gasteiger partial charge in [0.2, 0.25) is 0 Å². The third-order valence-electron chi connectivity index (χ3n) is 4.59. The summed E-state index contributed by atoms with van der Waals surface area (Å²) >= 11 is 0. The van der Waals surface area contributed by atoms with E-state index in [4.69, 9.17) is 4.74 Å². The average Bonchev–Trinajstić information content (AvgIpc) is 3.36. The van der Waals surface area contributed by atoms with Crippen molar-refractivity contribution >= 4 is 6.08 Å². The smallest absolute Gasteiger partial charge is 0.114 e. The Labute approximate surface area is 141 Å². The number of hydrogen-bond donors (Lipinski definition) is 1. The topological polar surface area (TPSA) is 32.8 Å². The summed E-state index contributed by atoms with van der Waals surface area (Å²) in [6.07, 6.45) is 15.5. The molecule has 1 heterocycles. The summed E-state index contributed by atoms with van der Waals surface area (Å²) < 4.78 is 5.63. The van der Waals surface area contributed by atoms with Crippen molar-refractivity contribution in [2.75, 3.05) is 0 Å². The van der Waals surface area contributed by atoms with Crippen LogP contribution in [0.5, 0.6) is 0 Å². The highest BCUT2D eigenvalue weighted by atomic mass is 16.6. The molecule has 0 spiro atoms. The molecule has 0 saturated carbocycles. The summed E-state index contributed by atoms with van der Waals surface area (Å²) in [6, 6.07) is 10.1. The van der Waals surface area contributed by atoms with E-state index in [0.29, 0.717) is 0 Å². The van der Waals surface area contributed by atoms with Gasteiger partial charge in [-0.3, -0.25) is 0 Å². The molecule has 1 aromatic rings. The number of epoxide rings is 1. The predicted octanol–water partition coefficient (Wildman–Crippen LogP) is 5.36. The van der Waals surface area contributed by atoms with Crippen molar-refractivity contribution in [3.05, 3.63) is 42.0 Å². The first-order chi connectivity index (χ1) is 11.3. The number of benzene rings is 1. The minimum atomic E-state index is -0.478. The van der Waals surface area contributed by atoms with E-state index in [0.717, 1.165) is 12.0 Å². The van der Waals surface area contributed by atoms with Crippen molar-refractivity contribution in [1.82, 2.24) is 0 Å². The van der Waals surface area contributed by atoms with Gasteiger partial charge in [-0.05, 0) is 12.0 Å². The summed E-state index contributed by atoms with van der Waals surface area (Å²) in [7, 11) is 0. The number of aliphatic hydroxyl groups is 1. The second-order valence-electron chi connectivity index (χ2n) is 6.66. The molecule has 0 aromatic heterocycles. The lowest BCUT2D eigenvalue weighted by Gasteiger charge is -2.02. The molecule has 2 nitrogen and oxygen atoms in total. The Hall–Kier alpha value is -1.12. The molecule has 0 aliphatic carbocycles. The Bertz CT molecular complexity index is 440. The van der Waals surface area contributed by atoms with Gasteiger partial charge in [-0.2, -0.15) is 0 Å². The van der Waals surface area contributed by atoms with Gasteiger partial charge in [0, 0.05) is 0 Å².